The van der Waals surface area contributed by atoms with E-state index in [1.807, 2.05) is 0 Å². The fraction of sp³-hybridized carbons (Fsp3) is 0.739. The molecule has 2 aliphatic heterocycles. The molecule has 2 fully saturated rings. The van der Waals surface area contributed by atoms with Gasteiger partial charge in [-0.15, -0.1) is 0 Å². The van der Waals surface area contributed by atoms with Gasteiger partial charge < -0.3 is 14.6 Å². The number of piperidine rings is 1. The van der Waals surface area contributed by atoms with Crippen LogP contribution in [0.25, 0.3) is 0 Å². The Hall–Kier alpha value is -1.26. The molecule has 27 heavy (non-hydrogen) atoms. The van der Waals surface area contributed by atoms with E-state index in [-0.39, 0.29) is 23.0 Å². The van der Waals surface area contributed by atoms with Gasteiger partial charge >= 0.3 is 0 Å². The molecular weight excluding hydrogens is 338 g/mol. The van der Waals surface area contributed by atoms with Crippen molar-refractivity contribution in [2.24, 2.45) is 5.41 Å². The first-order valence-corrected chi connectivity index (χ1v) is 10.7. The second kappa shape index (κ2) is 5.64. The lowest BCUT2D eigenvalue weighted by atomic mass is 9.45. The molecule has 1 saturated carbocycles. The topological polar surface area (TPSA) is 41.9 Å². The molecular formula is C23H33NO3. The quantitative estimate of drug-likeness (QED) is 0.877. The maximum absolute atomic E-state index is 12.3. The predicted molar refractivity (Wildman–Crippen MR) is 106 cm³/mol. The summed E-state index contributed by atoms with van der Waals surface area (Å²) in [6, 6.07) is 4.49. The van der Waals surface area contributed by atoms with Gasteiger partial charge in [0.1, 0.15) is 6.10 Å². The average molecular weight is 372 g/mol. The molecule has 0 radical (unpaired) electrons. The molecule has 5 rings (SSSR count). The highest BCUT2D eigenvalue weighted by molar-refractivity contribution is 5.63. The van der Waals surface area contributed by atoms with E-state index in [0.717, 1.165) is 50.3 Å². The fourth-order valence-electron chi connectivity index (χ4n) is 6.88. The molecule has 2 aliphatic carbocycles. The van der Waals surface area contributed by atoms with Crippen LogP contribution in [0.1, 0.15) is 64.0 Å². The summed E-state index contributed by atoms with van der Waals surface area (Å²) in [5.41, 5.74) is 1.68. The molecule has 148 valence electrons. The molecule has 4 nitrogen and oxygen atoms in total. The number of likely N-dealkylation sites (tertiary alicyclic amines) is 1. The average Bonchev–Trinajstić information content (AvgIpc) is 3.00. The van der Waals surface area contributed by atoms with Crippen molar-refractivity contribution in [3.05, 3.63) is 23.3 Å². The van der Waals surface area contributed by atoms with Crippen molar-refractivity contribution in [1.82, 2.24) is 4.90 Å². The SMILES string of the molecule is CCCCN1CC[C@@]23c4c5ccc(OC)c4O[C@@H]2C(C)(C)CC[C@]3(O)[C@@H]1C5. The van der Waals surface area contributed by atoms with E-state index >= 15 is 0 Å². The van der Waals surface area contributed by atoms with E-state index in [1.165, 1.54) is 24.0 Å². The maximum atomic E-state index is 12.3. The van der Waals surface area contributed by atoms with Gasteiger partial charge in [0, 0.05) is 17.0 Å². The number of aliphatic hydroxyl groups is 1. The molecule has 4 heteroatoms. The molecule has 1 saturated heterocycles. The molecule has 2 heterocycles. The molecule has 0 amide bonds. The van der Waals surface area contributed by atoms with E-state index in [1.54, 1.807) is 7.11 Å². The summed E-state index contributed by atoms with van der Waals surface area (Å²) in [7, 11) is 1.72. The second-order valence-electron chi connectivity index (χ2n) is 9.87. The van der Waals surface area contributed by atoms with Gasteiger partial charge in [-0.2, -0.15) is 0 Å². The third-order valence-corrected chi connectivity index (χ3v) is 8.19. The Morgan fingerprint density at radius 1 is 1.26 bits per heavy atom. The van der Waals surface area contributed by atoms with Crippen molar-refractivity contribution in [2.75, 3.05) is 20.2 Å². The number of hydrogen-bond donors (Lipinski definition) is 1. The lowest BCUT2D eigenvalue weighted by molar-refractivity contribution is -0.211. The minimum absolute atomic E-state index is 0.0184. The lowest BCUT2D eigenvalue weighted by Gasteiger charge is -2.65. The summed E-state index contributed by atoms with van der Waals surface area (Å²) >= 11 is 0. The van der Waals surface area contributed by atoms with Gasteiger partial charge in [0.15, 0.2) is 11.5 Å². The van der Waals surface area contributed by atoms with Gasteiger partial charge in [-0.1, -0.05) is 33.3 Å². The van der Waals surface area contributed by atoms with Crippen LogP contribution in [-0.4, -0.2) is 48.0 Å². The molecule has 1 N–H and O–H groups in total. The second-order valence-corrected chi connectivity index (χ2v) is 9.87. The first kappa shape index (κ1) is 17.8. The smallest absolute Gasteiger partial charge is 0.165 e. The van der Waals surface area contributed by atoms with Crippen LogP contribution in [0.5, 0.6) is 11.5 Å². The maximum Gasteiger partial charge on any atom is 0.165 e. The van der Waals surface area contributed by atoms with Gasteiger partial charge in [-0.25, -0.2) is 0 Å². The molecule has 1 aromatic rings. The van der Waals surface area contributed by atoms with Crippen LogP contribution in [0, 0.1) is 5.41 Å². The van der Waals surface area contributed by atoms with Gasteiger partial charge in [-0.05, 0) is 56.8 Å². The van der Waals surface area contributed by atoms with Gasteiger partial charge in [0.25, 0.3) is 0 Å². The van der Waals surface area contributed by atoms with Crippen LogP contribution in [0.4, 0.5) is 0 Å². The third kappa shape index (κ3) is 2.01. The Balaban J connectivity index is 1.72. The van der Waals surface area contributed by atoms with Crippen LogP contribution >= 0.6 is 0 Å². The zero-order valence-corrected chi connectivity index (χ0v) is 17.2. The number of ether oxygens (including phenoxy) is 2. The summed E-state index contributed by atoms with van der Waals surface area (Å²) in [5.74, 6) is 1.73. The van der Waals surface area contributed by atoms with Gasteiger partial charge in [-0.3, -0.25) is 4.90 Å². The van der Waals surface area contributed by atoms with Crippen LogP contribution in [-0.2, 0) is 11.8 Å². The number of benzene rings is 1. The molecule has 4 atom stereocenters. The fourth-order valence-corrected chi connectivity index (χ4v) is 6.88. The highest BCUT2D eigenvalue weighted by Crippen LogP contribution is 2.68. The van der Waals surface area contributed by atoms with Crippen LogP contribution < -0.4 is 9.47 Å². The predicted octanol–water partition coefficient (Wildman–Crippen LogP) is 3.68. The monoisotopic (exact) mass is 371 g/mol. The molecule has 1 aromatic carbocycles. The van der Waals surface area contributed by atoms with Gasteiger partial charge in [0.05, 0.1) is 18.1 Å². The number of unbranched alkanes of at least 4 members (excludes halogenated alkanes) is 1. The minimum Gasteiger partial charge on any atom is -0.493 e. The standard InChI is InChI=1S/C23H33NO3/c1-5-6-12-24-13-11-22-18-15-7-8-16(26-4)19(18)27-20(22)21(2,3)9-10-23(22,25)17(24)14-15/h7-8,17,20,25H,5-6,9-14H2,1-4H3/t17-,20+,22+,23-/m0/s1. The third-order valence-electron chi connectivity index (χ3n) is 8.19. The number of methoxy groups -OCH3 is 1. The Labute approximate surface area is 162 Å². The summed E-state index contributed by atoms with van der Waals surface area (Å²) in [6.45, 7) is 9.03. The highest BCUT2D eigenvalue weighted by atomic mass is 16.5. The molecule has 4 aliphatic rings. The normalized spacial score (nSPS) is 38.3. The van der Waals surface area contributed by atoms with E-state index in [9.17, 15) is 5.11 Å². The molecule has 0 aromatic heterocycles. The van der Waals surface area contributed by atoms with Crippen LogP contribution in [0.3, 0.4) is 0 Å². The number of nitrogens with zero attached hydrogens (tertiary/aromatic N) is 1. The first-order valence-electron chi connectivity index (χ1n) is 10.7. The van der Waals surface area contributed by atoms with Gasteiger partial charge in [0.2, 0.25) is 0 Å². The van der Waals surface area contributed by atoms with Crippen molar-refractivity contribution in [3.8, 4) is 11.5 Å². The number of rotatable bonds is 4. The Morgan fingerprint density at radius 2 is 2.07 bits per heavy atom. The molecule has 2 bridgehead atoms. The van der Waals surface area contributed by atoms with Crippen molar-refractivity contribution >= 4 is 0 Å². The lowest BCUT2D eigenvalue weighted by Crippen LogP contribution is -2.77. The summed E-state index contributed by atoms with van der Waals surface area (Å²) < 4.78 is 12.4. The Bertz CT molecular complexity index is 775. The summed E-state index contributed by atoms with van der Waals surface area (Å²) in [4.78, 5) is 2.58. The zero-order valence-electron chi connectivity index (χ0n) is 17.2. The van der Waals surface area contributed by atoms with E-state index in [4.69, 9.17) is 9.47 Å². The van der Waals surface area contributed by atoms with Crippen LogP contribution in [0.2, 0.25) is 0 Å². The molecule has 0 unspecified atom stereocenters. The first-order chi connectivity index (χ1) is 12.9. The Kier molecular flexibility index (Phi) is 3.72. The van der Waals surface area contributed by atoms with Crippen molar-refractivity contribution in [3.63, 3.8) is 0 Å². The largest absolute Gasteiger partial charge is 0.493 e. The van der Waals surface area contributed by atoms with E-state index < -0.39 is 5.60 Å². The van der Waals surface area contributed by atoms with Crippen LogP contribution in [0.15, 0.2) is 12.1 Å². The van der Waals surface area contributed by atoms with E-state index in [0.29, 0.717) is 0 Å². The van der Waals surface area contributed by atoms with Crippen molar-refractivity contribution < 1.29 is 14.6 Å². The molecule has 1 spiro atoms. The Morgan fingerprint density at radius 3 is 2.81 bits per heavy atom. The summed E-state index contributed by atoms with van der Waals surface area (Å²) in [5, 5.41) is 12.3. The van der Waals surface area contributed by atoms with E-state index in [2.05, 4.69) is 37.8 Å². The zero-order chi connectivity index (χ0) is 19.0. The van der Waals surface area contributed by atoms with Crippen molar-refractivity contribution in [1.29, 1.82) is 0 Å². The number of hydrogen-bond acceptors (Lipinski definition) is 4. The summed E-state index contributed by atoms with van der Waals surface area (Å²) in [6.07, 6.45) is 6.18. The minimum atomic E-state index is -0.705. The highest BCUT2D eigenvalue weighted by Gasteiger charge is 2.74. The van der Waals surface area contributed by atoms with Crippen molar-refractivity contribution in [2.45, 2.75) is 82.5 Å².